The highest BCUT2D eigenvalue weighted by Gasteiger charge is 2.43. The average Bonchev–Trinajstić information content (AvgIpc) is 3.56. The standard InChI is InChI=1S/C24H39F3N4O4/c1-23(2,3)14-17-20(32)31(11-8-29-17)18(12-15-4-5-15)21(33)30-9-6-16(7-10-30)13-19(28)35-22(34)24(25,26)27/h15-19,29H,4-14,28H2,1-3H3/t17-,18-,19?/m0/s1. The molecule has 200 valence electrons. The van der Waals surface area contributed by atoms with Crippen LogP contribution in [0.15, 0.2) is 0 Å². The lowest BCUT2D eigenvalue weighted by atomic mass is 9.86. The molecule has 35 heavy (non-hydrogen) atoms. The van der Waals surface area contributed by atoms with Gasteiger partial charge in [0.15, 0.2) is 6.23 Å². The minimum absolute atomic E-state index is 0.0162. The average molecular weight is 505 g/mol. The Balaban J connectivity index is 1.57. The van der Waals surface area contributed by atoms with Gasteiger partial charge in [0.1, 0.15) is 6.04 Å². The summed E-state index contributed by atoms with van der Waals surface area (Å²) in [6, 6.07) is -0.781. The molecule has 3 N–H and O–H groups in total. The summed E-state index contributed by atoms with van der Waals surface area (Å²) in [5.74, 6) is -1.93. The van der Waals surface area contributed by atoms with Crippen molar-refractivity contribution in [3.63, 3.8) is 0 Å². The molecule has 0 radical (unpaired) electrons. The predicted molar refractivity (Wildman–Crippen MR) is 123 cm³/mol. The molecule has 0 aromatic carbocycles. The highest BCUT2D eigenvalue weighted by Crippen LogP contribution is 2.36. The van der Waals surface area contributed by atoms with Gasteiger partial charge in [-0.25, -0.2) is 4.79 Å². The highest BCUT2D eigenvalue weighted by molar-refractivity contribution is 5.90. The van der Waals surface area contributed by atoms with Crippen LogP contribution in [-0.4, -0.2) is 78.3 Å². The Hall–Kier alpha value is -1.88. The maximum absolute atomic E-state index is 13.6. The molecule has 2 heterocycles. The molecule has 2 amide bonds. The van der Waals surface area contributed by atoms with Gasteiger partial charge in [0.05, 0.1) is 6.04 Å². The van der Waals surface area contributed by atoms with Crippen molar-refractivity contribution in [3.8, 4) is 0 Å². The SMILES string of the molecule is CC(C)(C)C[C@@H]1NCCN([C@@H](CC2CC2)C(=O)N2CCC(CC(N)OC(=O)C(F)(F)F)CC2)C1=O. The highest BCUT2D eigenvalue weighted by atomic mass is 19.4. The van der Waals surface area contributed by atoms with Gasteiger partial charge in [0.2, 0.25) is 11.8 Å². The number of halogens is 3. The molecule has 0 bridgehead atoms. The largest absolute Gasteiger partial charge is 0.490 e. The molecule has 8 nitrogen and oxygen atoms in total. The van der Waals surface area contributed by atoms with E-state index in [-0.39, 0.29) is 35.6 Å². The molecular weight excluding hydrogens is 465 g/mol. The number of amides is 2. The molecule has 3 atom stereocenters. The van der Waals surface area contributed by atoms with Gasteiger partial charge in [-0.1, -0.05) is 33.6 Å². The summed E-state index contributed by atoms with van der Waals surface area (Å²) < 4.78 is 41.4. The minimum Gasteiger partial charge on any atom is -0.440 e. The first-order valence-corrected chi connectivity index (χ1v) is 12.6. The third-order valence-electron chi connectivity index (χ3n) is 7.04. The summed E-state index contributed by atoms with van der Waals surface area (Å²) in [6.45, 7) is 8.30. The van der Waals surface area contributed by atoms with E-state index in [4.69, 9.17) is 5.73 Å². The molecule has 2 saturated heterocycles. The maximum Gasteiger partial charge on any atom is 0.490 e. The van der Waals surface area contributed by atoms with Gasteiger partial charge in [-0.15, -0.1) is 0 Å². The number of alkyl halides is 3. The Morgan fingerprint density at radius 3 is 2.20 bits per heavy atom. The fraction of sp³-hybridized carbons (Fsp3) is 0.875. The lowest BCUT2D eigenvalue weighted by molar-refractivity contribution is -0.205. The number of ether oxygens (including phenoxy) is 1. The monoisotopic (exact) mass is 504 g/mol. The Bertz CT molecular complexity index is 774. The first-order valence-electron chi connectivity index (χ1n) is 12.6. The number of hydrogen-bond donors (Lipinski definition) is 2. The fourth-order valence-corrected chi connectivity index (χ4v) is 5.05. The van der Waals surface area contributed by atoms with Crippen molar-refractivity contribution in [2.24, 2.45) is 23.0 Å². The van der Waals surface area contributed by atoms with Crippen LogP contribution in [0.25, 0.3) is 0 Å². The zero-order valence-corrected chi connectivity index (χ0v) is 20.9. The van der Waals surface area contributed by atoms with Gasteiger partial charge in [0.25, 0.3) is 0 Å². The Morgan fingerprint density at radius 2 is 1.66 bits per heavy atom. The van der Waals surface area contributed by atoms with E-state index in [9.17, 15) is 27.6 Å². The molecule has 3 rings (SSSR count). The van der Waals surface area contributed by atoms with E-state index in [2.05, 4.69) is 30.8 Å². The van der Waals surface area contributed by atoms with Gasteiger partial charge < -0.3 is 19.9 Å². The van der Waals surface area contributed by atoms with E-state index >= 15 is 0 Å². The van der Waals surface area contributed by atoms with Crippen molar-refractivity contribution in [1.29, 1.82) is 0 Å². The normalized spacial score (nSPS) is 24.3. The molecule has 1 saturated carbocycles. The second kappa shape index (κ2) is 11.0. The molecule has 1 aliphatic carbocycles. The number of nitrogens with zero attached hydrogens (tertiary/aromatic N) is 2. The predicted octanol–water partition coefficient (Wildman–Crippen LogP) is 2.41. The number of rotatable bonds is 8. The lowest BCUT2D eigenvalue weighted by Crippen LogP contribution is -2.62. The number of esters is 1. The van der Waals surface area contributed by atoms with Crippen molar-refractivity contribution in [2.45, 2.75) is 90.2 Å². The summed E-state index contributed by atoms with van der Waals surface area (Å²) >= 11 is 0. The van der Waals surface area contributed by atoms with Crippen molar-refractivity contribution < 1.29 is 32.3 Å². The van der Waals surface area contributed by atoms with Crippen LogP contribution in [0.2, 0.25) is 0 Å². The molecule has 1 unspecified atom stereocenters. The van der Waals surface area contributed by atoms with E-state index in [1.807, 2.05) is 0 Å². The van der Waals surface area contributed by atoms with Crippen molar-refractivity contribution in [1.82, 2.24) is 15.1 Å². The lowest BCUT2D eigenvalue weighted by Gasteiger charge is -2.42. The summed E-state index contributed by atoms with van der Waals surface area (Å²) in [5.41, 5.74) is 5.58. The van der Waals surface area contributed by atoms with E-state index in [1.165, 1.54) is 0 Å². The van der Waals surface area contributed by atoms with E-state index in [1.54, 1.807) is 9.80 Å². The number of nitrogens with one attached hydrogen (secondary N) is 1. The molecule has 3 fully saturated rings. The molecule has 3 aliphatic rings. The third-order valence-corrected chi connectivity index (χ3v) is 7.04. The maximum atomic E-state index is 13.6. The Morgan fingerprint density at radius 1 is 1.06 bits per heavy atom. The van der Waals surface area contributed by atoms with Gasteiger partial charge in [-0.2, -0.15) is 13.2 Å². The van der Waals surface area contributed by atoms with E-state index < -0.39 is 24.4 Å². The zero-order valence-electron chi connectivity index (χ0n) is 20.9. The van der Waals surface area contributed by atoms with Crippen LogP contribution in [-0.2, 0) is 19.1 Å². The van der Waals surface area contributed by atoms with E-state index in [0.717, 1.165) is 12.8 Å². The van der Waals surface area contributed by atoms with Crippen LogP contribution in [0, 0.1) is 17.3 Å². The molecule has 2 aliphatic heterocycles. The van der Waals surface area contributed by atoms with Crippen molar-refractivity contribution >= 4 is 17.8 Å². The smallest absolute Gasteiger partial charge is 0.440 e. The van der Waals surface area contributed by atoms with Crippen LogP contribution < -0.4 is 11.1 Å². The van der Waals surface area contributed by atoms with Crippen LogP contribution in [0.5, 0.6) is 0 Å². The molecule has 0 aromatic heterocycles. The number of carbonyl (C=O) groups is 3. The number of likely N-dealkylation sites (tertiary alicyclic amines) is 1. The number of piperazine rings is 1. The molecular formula is C24H39F3N4O4. The van der Waals surface area contributed by atoms with Gasteiger partial charge in [0, 0.05) is 32.6 Å². The first-order chi connectivity index (χ1) is 16.2. The summed E-state index contributed by atoms with van der Waals surface area (Å²) in [4.78, 5) is 41.4. The van der Waals surface area contributed by atoms with Crippen molar-refractivity contribution in [3.05, 3.63) is 0 Å². The Labute approximate surface area is 205 Å². The summed E-state index contributed by atoms with van der Waals surface area (Å²) in [6.07, 6.45) is -1.67. The first kappa shape index (κ1) is 27.7. The second-order valence-corrected chi connectivity index (χ2v) is 11.4. The van der Waals surface area contributed by atoms with Gasteiger partial charge >= 0.3 is 12.1 Å². The molecule has 0 aromatic rings. The quantitative estimate of drug-likeness (QED) is 0.389. The minimum atomic E-state index is -5.07. The van der Waals surface area contributed by atoms with Gasteiger partial charge in [-0.3, -0.25) is 15.3 Å². The van der Waals surface area contributed by atoms with E-state index in [0.29, 0.717) is 57.8 Å². The molecule has 0 spiro atoms. The summed E-state index contributed by atoms with van der Waals surface area (Å²) in [5, 5.41) is 3.31. The topological polar surface area (TPSA) is 105 Å². The zero-order chi connectivity index (χ0) is 26.0. The summed E-state index contributed by atoms with van der Waals surface area (Å²) in [7, 11) is 0. The van der Waals surface area contributed by atoms with Crippen molar-refractivity contribution in [2.75, 3.05) is 26.2 Å². The second-order valence-electron chi connectivity index (χ2n) is 11.4. The third kappa shape index (κ3) is 8.06. The Kier molecular flexibility index (Phi) is 8.73. The number of piperidine rings is 1. The van der Waals surface area contributed by atoms with Crippen LogP contribution in [0.3, 0.4) is 0 Å². The number of nitrogens with two attached hydrogens (primary N) is 1. The fourth-order valence-electron chi connectivity index (χ4n) is 5.05. The van der Waals surface area contributed by atoms with Crippen LogP contribution in [0.1, 0.15) is 65.7 Å². The van der Waals surface area contributed by atoms with Gasteiger partial charge in [-0.05, 0) is 42.9 Å². The van der Waals surface area contributed by atoms with Crippen LogP contribution in [0.4, 0.5) is 13.2 Å². The van der Waals surface area contributed by atoms with Crippen LogP contribution >= 0.6 is 0 Å². The number of carbonyl (C=O) groups excluding carboxylic acids is 3. The number of hydrogen-bond acceptors (Lipinski definition) is 6. The molecule has 11 heteroatoms.